The van der Waals surface area contributed by atoms with Crippen LogP contribution in [-0.2, 0) is 13.7 Å². The molecule has 0 N–H and O–H groups in total. The first-order valence-corrected chi connectivity index (χ1v) is 8.24. The molecule has 0 aliphatic heterocycles. The van der Waals surface area contributed by atoms with E-state index in [4.69, 9.17) is 9.15 Å². The molecule has 0 saturated carbocycles. The van der Waals surface area contributed by atoms with E-state index in [1.54, 1.807) is 36.9 Å². The number of hydrogen-bond acceptors (Lipinski definition) is 4. The Labute approximate surface area is 154 Å². The minimum absolute atomic E-state index is 0.0227. The van der Waals surface area contributed by atoms with E-state index in [0.29, 0.717) is 22.8 Å². The van der Waals surface area contributed by atoms with Gasteiger partial charge >= 0.3 is 0 Å². The zero-order valence-corrected chi connectivity index (χ0v) is 15.1. The van der Waals surface area contributed by atoms with Crippen LogP contribution in [0.3, 0.4) is 0 Å². The molecule has 3 rings (SSSR count). The summed E-state index contributed by atoms with van der Waals surface area (Å²) in [5, 5.41) is 4.22. The predicted octanol–water partition coefficient (Wildman–Crippen LogP) is 4.38. The highest BCUT2D eigenvalue weighted by Gasteiger charge is 2.15. The van der Waals surface area contributed by atoms with Crippen molar-refractivity contribution in [3.8, 4) is 5.75 Å². The highest BCUT2D eigenvalue weighted by molar-refractivity contribution is 6.08. The Morgan fingerprint density at radius 2 is 2.04 bits per heavy atom. The number of aryl methyl sites for hydroxylation is 2. The standard InChI is InChI=1S/C20H18F2N2O3/c1-12-20(13(2)24(3)23-12)18(25)8-7-15-5-6-16(27-15)11-26-19-9-4-14(21)10-17(19)22/h4-10H,11H2,1-3H3/b8-7+. The monoisotopic (exact) mass is 372 g/mol. The lowest BCUT2D eigenvalue weighted by molar-refractivity contribution is 0.104. The Balaban J connectivity index is 1.65. The van der Waals surface area contributed by atoms with Gasteiger partial charge in [-0.05, 0) is 50.3 Å². The highest BCUT2D eigenvalue weighted by atomic mass is 19.1. The molecule has 1 aromatic carbocycles. The van der Waals surface area contributed by atoms with Crippen molar-refractivity contribution in [1.82, 2.24) is 9.78 Å². The van der Waals surface area contributed by atoms with Crippen molar-refractivity contribution in [1.29, 1.82) is 0 Å². The van der Waals surface area contributed by atoms with Gasteiger partial charge in [-0.3, -0.25) is 9.48 Å². The fourth-order valence-electron chi connectivity index (χ4n) is 2.67. The van der Waals surface area contributed by atoms with Crippen LogP contribution in [0.25, 0.3) is 6.08 Å². The molecule has 0 unspecified atom stereocenters. The van der Waals surface area contributed by atoms with Crippen LogP contribution in [0.1, 0.15) is 33.3 Å². The number of carbonyl (C=O) groups is 1. The zero-order valence-electron chi connectivity index (χ0n) is 15.1. The van der Waals surface area contributed by atoms with Crippen molar-refractivity contribution in [3.63, 3.8) is 0 Å². The molecule has 5 nitrogen and oxygen atoms in total. The fourth-order valence-corrected chi connectivity index (χ4v) is 2.67. The number of furan rings is 1. The van der Waals surface area contributed by atoms with Gasteiger partial charge in [0.1, 0.15) is 23.9 Å². The van der Waals surface area contributed by atoms with Crippen LogP contribution in [-0.4, -0.2) is 15.6 Å². The summed E-state index contributed by atoms with van der Waals surface area (Å²) in [6.07, 6.45) is 2.97. The SMILES string of the molecule is Cc1nn(C)c(C)c1C(=O)/C=C/c1ccc(COc2ccc(F)cc2F)o1. The maximum atomic E-state index is 13.5. The third-order valence-corrected chi connectivity index (χ3v) is 4.10. The smallest absolute Gasteiger partial charge is 0.189 e. The van der Waals surface area contributed by atoms with Gasteiger partial charge in [-0.2, -0.15) is 5.10 Å². The normalized spacial score (nSPS) is 11.3. The van der Waals surface area contributed by atoms with Crippen LogP contribution in [0.5, 0.6) is 5.75 Å². The molecule has 0 radical (unpaired) electrons. The van der Waals surface area contributed by atoms with E-state index >= 15 is 0 Å². The van der Waals surface area contributed by atoms with Crippen LogP contribution in [0.15, 0.2) is 40.8 Å². The second-order valence-corrected chi connectivity index (χ2v) is 6.03. The average molecular weight is 372 g/mol. The molecule has 2 heterocycles. The van der Waals surface area contributed by atoms with Gasteiger partial charge in [0.2, 0.25) is 0 Å². The van der Waals surface area contributed by atoms with Crippen LogP contribution >= 0.6 is 0 Å². The molecule has 0 aliphatic rings. The van der Waals surface area contributed by atoms with Crippen LogP contribution in [0.2, 0.25) is 0 Å². The molecule has 140 valence electrons. The van der Waals surface area contributed by atoms with Crippen molar-refractivity contribution < 1.29 is 22.7 Å². The first-order chi connectivity index (χ1) is 12.8. The number of benzene rings is 1. The van der Waals surface area contributed by atoms with Crippen molar-refractivity contribution in [3.05, 3.63) is 76.5 Å². The molecule has 2 aromatic heterocycles. The maximum absolute atomic E-state index is 13.5. The minimum atomic E-state index is -0.783. The van der Waals surface area contributed by atoms with E-state index < -0.39 is 11.6 Å². The van der Waals surface area contributed by atoms with Crippen molar-refractivity contribution in [2.75, 3.05) is 0 Å². The van der Waals surface area contributed by atoms with E-state index in [9.17, 15) is 13.6 Å². The van der Waals surface area contributed by atoms with E-state index in [1.807, 2.05) is 6.92 Å². The molecule has 7 heteroatoms. The topological polar surface area (TPSA) is 57.3 Å². The molecule has 0 atom stereocenters. The predicted molar refractivity (Wildman–Crippen MR) is 95.4 cm³/mol. The second kappa shape index (κ2) is 7.57. The number of ketones is 1. The third kappa shape index (κ3) is 4.13. The summed E-state index contributed by atoms with van der Waals surface area (Å²) in [5.41, 5.74) is 2.02. The summed E-state index contributed by atoms with van der Waals surface area (Å²) >= 11 is 0. The number of carbonyl (C=O) groups excluding carboxylic acids is 1. The van der Waals surface area contributed by atoms with Crippen LogP contribution < -0.4 is 4.74 Å². The first-order valence-electron chi connectivity index (χ1n) is 8.24. The Bertz CT molecular complexity index is 1020. The number of nitrogens with zero attached hydrogens (tertiary/aromatic N) is 2. The largest absolute Gasteiger partial charge is 0.483 e. The lowest BCUT2D eigenvalue weighted by Crippen LogP contribution is -1.99. The van der Waals surface area contributed by atoms with Crippen molar-refractivity contribution in [2.45, 2.75) is 20.5 Å². The molecule has 0 spiro atoms. The lowest BCUT2D eigenvalue weighted by Gasteiger charge is -2.05. The molecular formula is C20H18F2N2O3. The van der Waals surface area contributed by atoms with E-state index in [0.717, 1.165) is 17.8 Å². The van der Waals surface area contributed by atoms with Gasteiger partial charge in [-0.1, -0.05) is 0 Å². The van der Waals surface area contributed by atoms with Crippen molar-refractivity contribution in [2.24, 2.45) is 7.05 Å². The average Bonchev–Trinajstić information content (AvgIpc) is 3.16. The molecule has 0 bridgehead atoms. The molecule has 0 aliphatic carbocycles. The number of ether oxygens (including phenoxy) is 1. The zero-order chi connectivity index (χ0) is 19.6. The summed E-state index contributed by atoms with van der Waals surface area (Å²) in [6, 6.07) is 6.41. The third-order valence-electron chi connectivity index (χ3n) is 4.10. The molecule has 0 saturated heterocycles. The summed E-state index contributed by atoms with van der Waals surface area (Å²) in [7, 11) is 1.78. The Morgan fingerprint density at radius 1 is 1.26 bits per heavy atom. The lowest BCUT2D eigenvalue weighted by atomic mass is 10.1. The van der Waals surface area contributed by atoms with E-state index in [1.165, 1.54) is 12.1 Å². The van der Waals surface area contributed by atoms with Crippen LogP contribution in [0.4, 0.5) is 8.78 Å². The summed E-state index contributed by atoms with van der Waals surface area (Å²) in [5.74, 6) is -0.785. The maximum Gasteiger partial charge on any atom is 0.189 e. The Hall–Kier alpha value is -3.22. The van der Waals surface area contributed by atoms with Gasteiger partial charge in [-0.25, -0.2) is 8.78 Å². The summed E-state index contributed by atoms with van der Waals surface area (Å²) < 4.78 is 38.9. The van der Waals surface area contributed by atoms with Gasteiger partial charge in [0.25, 0.3) is 0 Å². The number of aromatic nitrogens is 2. The van der Waals surface area contributed by atoms with Crippen LogP contribution in [0, 0.1) is 25.5 Å². The van der Waals surface area contributed by atoms with Gasteiger partial charge in [0.05, 0.1) is 11.3 Å². The second-order valence-electron chi connectivity index (χ2n) is 6.03. The highest BCUT2D eigenvalue weighted by Crippen LogP contribution is 2.20. The van der Waals surface area contributed by atoms with E-state index in [-0.39, 0.29) is 18.1 Å². The number of hydrogen-bond donors (Lipinski definition) is 0. The minimum Gasteiger partial charge on any atom is -0.483 e. The van der Waals surface area contributed by atoms with Gasteiger partial charge < -0.3 is 9.15 Å². The first kappa shape index (κ1) is 18.6. The number of allylic oxidation sites excluding steroid dienone is 1. The number of halogens is 2. The van der Waals surface area contributed by atoms with Gasteiger partial charge in [0.15, 0.2) is 17.3 Å². The fraction of sp³-hybridized carbons (Fsp3) is 0.200. The van der Waals surface area contributed by atoms with Crippen molar-refractivity contribution >= 4 is 11.9 Å². The van der Waals surface area contributed by atoms with Gasteiger partial charge in [-0.15, -0.1) is 0 Å². The molecule has 0 amide bonds. The Morgan fingerprint density at radius 3 is 2.70 bits per heavy atom. The number of rotatable bonds is 6. The quantitative estimate of drug-likeness (QED) is 0.476. The molecule has 27 heavy (non-hydrogen) atoms. The Kier molecular flexibility index (Phi) is 5.21. The molecule has 0 fully saturated rings. The van der Waals surface area contributed by atoms with E-state index in [2.05, 4.69) is 5.10 Å². The summed E-state index contributed by atoms with van der Waals surface area (Å²) in [4.78, 5) is 12.4. The molecule has 3 aromatic rings. The van der Waals surface area contributed by atoms with Gasteiger partial charge in [0, 0.05) is 18.8 Å². The summed E-state index contributed by atoms with van der Waals surface area (Å²) in [6.45, 7) is 3.59. The molecular weight excluding hydrogens is 354 g/mol.